The van der Waals surface area contributed by atoms with Crippen molar-refractivity contribution >= 4 is 21.9 Å². The average molecular weight is 197 g/mol. The Morgan fingerprint density at radius 3 is 2.78 bits per heavy atom. The van der Waals surface area contributed by atoms with Crippen LogP contribution >= 0.6 is 15.9 Å². The smallest absolute Gasteiger partial charge is 0.302 e. The molecule has 0 aromatic rings. The van der Waals surface area contributed by atoms with E-state index in [1.807, 2.05) is 0 Å². The summed E-state index contributed by atoms with van der Waals surface area (Å²) in [4.78, 5) is 10.1. The summed E-state index contributed by atoms with van der Waals surface area (Å²) in [6.07, 6.45) is -0.589. The van der Waals surface area contributed by atoms with Crippen molar-refractivity contribution in [3.05, 3.63) is 0 Å². The number of carbonyl (C=O) groups is 1. The molecule has 0 unspecified atom stereocenters. The van der Waals surface area contributed by atoms with Crippen molar-refractivity contribution < 1.29 is 14.6 Å². The van der Waals surface area contributed by atoms with Crippen LogP contribution in [0.4, 0.5) is 0 Å². The topological polar surface area (TPSA) is 46.5 Å². The lowest BCUT2D eigenvalue weighted by molar-refractivity contribution is -0.143. The van der Waals surface area contributed by atoms with E-state index in [4.69, 9.17) is 5.11 Å². The first-order valence-corrected chi connectivity index (χ1v) is 3.66. The fraction of sp³-hybridized carbons (Fsp3) is 0.800. The van der Waals surface area contributed by atoms with E-state index in [0.717, 1.165) is 0 Å². The van der Waals surface area contributed by atoms with Crippen molar-refractivity contribution in [3.63, 3.8) is 0 Å². The first kappa shape index (κ1) is 8.91. The summed E-state index contributed by atoms with van der Waals surface area (Å²) in [5.74, 6) is -0.366. The number of halogens is 1. The molecule has 0 spiro atoms. The average Bonchev–Trinajstić information content (AvgIpc) is 1.83. The number of hydrogen-bond acceptors (Lipinski definition) is 3. The highest BCUT2D eigenvalue weighted by Gasteiger charge is 2.01. The maximum atomic E-state index is 10.1. The van der Waals surface area contributed by atoms with Gasteiger partial charge in [0.2, 0.25) is 0 Å². The largest absolute Gasteiger partial charge is 0.463 e. The third kappa shape index (κ3) is 5.79. The molecule has 0 amide bonds. The SMILES string of the molecule is CC(=O)OC[C@@H](O)CBr. The van der Waals surface area contributed by atoms with E-state index < -0.39 is 6.10 Å². The first-order valence-electron chi connectivity index (χ1n) is 2.54. The van der Waals surface area contributed by atoms with Gasteiger partial charge in [0.15, 0.2) is 0 Å². The molecule has 0 bridgehead atoms. The molecular formula is C5H9BrO3. The molecule has 0 aromatic carbocycles. The van der Waals surface area contributed by atoms with Gasteiger partial charge in [0.25, 0.3) is 0 Å². The van der Waals surface area contributed by atoms with Crippen LogP contribution in [-0.2, 0) is 9.53 Å². The molecule has 0 saturated heterocycles. The number of alkyl halides is 1. The van der Waals surface area contributed by atoms with Crippen LogP contribution in [0.2, 0.25) is 0 Å². The number of aliphatic hydroxyl groups excluding tert-OH is 1. The summed E-state index contributed by atoms with van der Waals surface area (Å²) in [5, 5.41) is 9.21. The van der Waals surface area contributed by atoms with Crippen molar-refractivity contribution in [2.45, 2.75) is 13.0 Å². The first-order chi connectivity index (χ1) is 4.16. The Bertz CT molecular complexity index is 94.2. The van der Waals surface area contributed by atoms with E-state index in [2.05, 4.69) is 20.7 Å². The van der Waals surface area contributed by atoms with Crippen LogP contribution in [0.1, 0.15) is 6.92 Å². The molecule has 0 aliphatic rings. The molecule has 0 rings (SSSR count). The lowest BCUT2D eigenvalue weighted by atomic mass is 10.4. The summed E-state index contributed by atoms with van der Waals surface area (Å²) in [6, 6.07) is 0. The Morgan fingerprint density at radius 2 is 2.44 bits per heavy atom. The zero-order valence-corrected chi connectivity index (χ0v) is 6.72. The highest BCUT2D eigenvalue weighted by molar-refractivity contribution is 9.09. The zero-order chi connectivity index (χ0) is 7.28. The van der Waals surface area contributed by atoms with Crippen molar-refractivity contribution in [3.8, 4) is 0 Å². The Labute approximate surface area is 62.1 Å². The molecule has 0 aliphatic carbocycles. The minimum absolute atomic E-state index is 0.0700. The van der Waals surface area contributed by atoms with Gasteiger partial charge < -0.3 is 9.84 Å². The quantitative estimate of drug-likeness (QED) is 0.523. The second-order valence-electron chi connectivity index (χ2n) is 1.61. The minimum atomic E-state index is -0.589. The van der Waals surface area contributed by atoms with Gasteiger partial charge in [-0.25, -0.2) is 0 Å². The van der Waals surface area contributed by atoms with E-state index in [1.54, 1.807) is 0 Å². The predicted molar refractivity (Wildman–Crippen MR) is 36.4 cm³/mol. The molecule has 0 heterocycles. The normalized spacial score (nSPS) is 12.8. The molecule has 54 valence electrons. The molecule has 1 N–H and O–H groups in total. The van der Waals surface area contributed by atoms with Crippen molar-refractivity contribution in [1.82, 2.24) is 0 Å². The number of hydrogen-bond donors (Lipinski definition) is 1. The molecule has 0 aromatic heterocycles. The number of ether oxygens (including phenoxy) is 1. The number of esters is 1. The molecule has 1 atom stereocenters. The van der Waals surface area contributed by atoms with Gasteiger partial charge in [-0.15, -0.1) is 0 Å². The molecule has 0 radical (unpaired) electrons. The van der Waals surface area contributed by atoms with Crippen molar-refractivity contribution in [2.24, 2.45) is 0 Å². The van der Waals surface area contributed by atoms with E-state index >= 15 is 0 Å². The van der Waals surface area contributed by atoms with Crippen LogP contribution in [0.15, 0.2) is 0 Å². The van der Waals surface area contributed by atoms with Crippen LogP contribution in [0.25, 0.3) is 0 Å². The van der Waals surface area contributed by atoms with Gasteiger partial charge in [-0.3, -0.25) is 4.79 Å². The van der Waals surface area contributed by atoms with Crippen molar-refractivity contribution in [1.29, 1.82) is 0 Å². The van der Waals surface area contributed by atoms with Gasteiger partial charge in [0.05, 0.1) is 6.10 Å². The predicted octanol–water partition coefficient (Wildman–Crippen LogP) is 0.305. The van der Waals surface area contributed by atoms with E-state index in [-0.39, 0.29) is 12.6 Å². The van der Waals surface area contributed by atoms with Gasteiger partial charge in [-0.05, 0) is 0 Å². The lowest BCUT2D eigenvalue weighted by Gasteiger charge is -2.04. The van der Waals surface area contributed by atoms with Crippen LogP contribution in [0.3, 0.4) is 0 Å². The maximum absolute atomic E-state index is 10.1. The van der Waals surface area contributed by atoms with Crippen LogP contribution in [0, 0.1) is 0 Å². The summed E-state index contributed by atoms with van der Waals surface area (Å²) < 4.78 is 4.48. The van der Waals surface area contributed by atoms with Gasteiger partial charge >= 0.3 is 5.97 Å². The molecule has 0 aliphatic heterocycles. The monoisotopic (exact) mass is 196 g/mol. The summed E-state index contributed by atoms with van der Waals surface area (Å²) in [6.45, 7) is 1.38. The minimum Gasteiger partial charge on any atom is -0.463 e. The molecule has 0 saturated carbocycles. The highest BCUT2D eigenvalue weighted by Crippen LogP contribution is 1.90. The van der Waals surface area contributed by atoms with Crippen LogP contribution < -0.4 is 0 Å². The van der Waals surface area contributed by atoms with E-state index in [9.17, 15) is 4.79 Å². The highest BCUT2D eigenvalue weighted by atomic mass is 79.9. The summed E-state index contributed by atoms with van der Waals surface area (Å²) in [5.41, 5.74) is 0. The van der Waals surface area contributed by atoms with E-state index in [1.165, 1.54) is 6.92 Å². The third-order valence-corrected chi connectivity index (χ3v) is 1.40. The molecule has 9 heavy (non-hydrogen) atoms. The molecule has 4 heteroatoms. The number of aliphatic hydroxyl groups is 1. The standard InChI is InChI=1S/C5H9BrO3/c1-4(7)9-3-5(8)2-6/h5,8H,2-3H2,1H3/t5-/m0/s1. The fourth-order valence-electron chi connectivity index (χ4n) is 0.258. The van der Waals surface area contributed by atoms with Gasteiger partial charge in [0, 0.05) is 12.3 Å². The fourth-order valence-corrected chi connectivity index (χ4v) is 0.445. The molecular weight excluding hydrogens is 188 g/mol. The van der Waals surface area contributed by atoms with Crippen molar-refractivity contribution in [2.75, 3.05) is 11.9 Å². The third-order valence-electron chi connectivity index (χ3n) is 0.657. The lowest BCUT2D eigenvalue weighted by Crippen LogP contribution is -2.18. The van der Waals surface area contributed by atoms with Gasteiger partial charge in [-0.1, -0.05) is 15.9 Å². The van der Waals surface area contributed by atoms with Crippen LogP contribution in [-0.4, -0.2) is 29.1 Å². The number of carbonyl (C=O) groups excluding carboxylic acids is 1. The second kappa shape index (κ2) is 4.76. The summed E-state index contributed by atoms with van der Waals surface area (Å²) in [7, 11) is 0. The van der Waals surface area contributed by atoms with Gasteiger partial charge in [0.1, 0.15) is 6.61 Å². The van der Waals surface area contributed by atoms with E-state index in [0.29, 0.717) is 5.33 Å². The Kier molecular flexibility index (Phi) is 4.71. The Morgan fingerprint density at radius 1 is 1.89 bits per heavy atom. The zero-order valence-electron chi connectivity index (χ0n) is 5.13. The molecule has 0 fully saturated rings. The van der Waals surface area contributed by atoms with Crippen LogP contribution in [0.5, 0.6) is 0 Å². The maximum Gasteiger partial charge on any atom is 0.302 e. The van der Waals surface area contributed by atoms with Gasteiger partial charge in [-0.2, -0.15) is 0 Å². The number of rotatable bonds is 3. The molecule has 3 nitrogen and oxygen atoms in total. The Balaban J connectivity index is 3.16. The Hall–Kier alpha value is -0.0900. The second-order valence-corrected chi connectivity index (χ2v) is 2.26. The summed E-state index contributed by atoms with van der Waals surface area (Å²) >= 11 is 3.02.